The van der Waals surface area contributed by atoms with Crippen LogP contribution >= 0.6 is 11.6 Å². The third-order valence-corrected chi connectivity index (χ3v) is 6.40. The van der Waals surface area contributed by atoms with Crippen molar-refractivity contribution in [1.29, 1.82) is 0 Å². The zero-order valence-electron chi connectivity index (χ0n) is 18.3. The van der Waals surface area contributed by atoms with Crippen LogP contribution in [-0.2, 0) is 26.2 Å². The fourth-order valence-electron chi connectivity index (χ4n) is 3.31. The number of sulfonamides is 1. The summed E-state index contributed by atoms with van der Waals surface area (Å²) in [7, 11) is -2.27. The summed E-state index contributed by atoms with van der Waals surface area (Å²) < 4.78 is 26.1. The van der Waals surface area contributed by atoms with E-state index in [1.165, 1.54) is 11.9 Å². The fraction of sp³-hybridized carbons (Fsp3) is 0.364. The molecule has 9 heteroatoms. The standard InChI is InChI=1S/C22H28ClN3O4S/c1-15-10-16(2)12-19(11-15)26(31(5,29)30)14-21(27)25(17(3)22(28)24-4)13-18-8-6-7-9-20(18)23/h6-12,17H,13-14H2,1-5H3,(H,24,28)/t17-/m1/s1. The first-order chi connectivity index (χ1) is 14.4. The predicted octanol–water partition coefficient (Wildman–Crippen LogP) is 2.89. The number of nitrogens with one attached hydrogen (secondary N) is 1. The summed E-state index contributed by atoms with van der Waals surface area (Å²) in [6, 6.07) is 11.5. The number of amides is 2. The van der Waals surface area contributed by atoms with Crippen LogP contribution in [0.5, 0.6) is 0 Å². The lowest BCUT2D eigenvalue weighted by Crippen LogP contribution is -2.50. The highest BCUT2D eigenvalue weighted by atomic mass is 35.5. The van der Waals surface area contributed by atoms with Crippen molar-refractivity contribution in [3.63, 3.8) is 0 Å². The van der Waals surface area contributed by atoms with Crippen LogP contribution in [0.3, 0.4) is 0 Å². The van der Waals surface area contributed by atoms with Gasteiger partial charge in [0.25, 0.3) is 0 Å². The molecular formula is C22H28ClN3O4S. The van der Waals surface area contributed by atoms with Crippen LogP contribution in [-0.4, -0.2) is 51.0 Å². The van der Waals surface area contributed by atoms with Crippen LogP contribution in [0, 0.1) is 13.8 Å². The minimum atomic E-state index is -3.75. The Morgan fingerprint density at radius 2 is 1.68 bits per heavy atom. The Morgan fingerprint density at radius 1 is 1.10 bits per heavy atom. The molecule has 31 heavy (non-hydrogen) atoms. The van der Waals surface area contributed by atoms with Gasteiger partial charge in [-0.25, -0.2) is 8.42 Å². The molecule has 1 N–H and O–H groups in total. The van der Waals surface area contributed by atoms with Crippen LogP contribution < -0.4 is 9.62 Å². The molecule has 0 aliphatic heterocycles. The Kier molecular flexibility index (Phi) is 8.08. The zero-order chi connectivity index (χ0) is 23.3. The van der Waals surface area contributed by atoms with E-state index >= 15 is 0 Å². The summed E-state index contributed by atoms with van der Waals surface area (Å²) in [6.45, 7) is 4.94. The van der Waals surface area contributed by atoms with E-state index in [1.54, 1.807) is 43.3 Å². The molecule has 0 heterocycles. The van der Waals surface area contributed by atoms with E-state index in [0.29, 0.717) is 16.3 Å². The molecule has 0 fully saturated rings. The smallest absolute Gasteiger partial charge is 0.244 e. The number of carbonyl (C=O) groups excluding carboxylic acids is 2. The van der Waals surface area contributed by atoms with Crippen LogP contribution in [0.1, 0.15) is 23.6 Å². The number of benzene rings is 2. The van der Waals surface area contributed by atoms with Gasteiger partial charge in [-0.2, -0.15) is 0 Å². The molecule has 1 atom stereocenters. The minimum absolute atomic E-state index is 0.0670. The second kappa shape index (κ2) is 10.2. The normalized spacial score (nSPS) is 12.2. The number of nitrogens with zero attached hydrogens (tertiary/aromatic N) is 2. The molecule has 0 saturated carbocycles. The van der Waals surface area contributed by atoms with Gasteiger partial charge in [0.05, 0.1) is 11.9 Å². The topological polar surface area (TPSA) is 86.8 Å². The number of hydrogen-bond acceptors (Lipinski definition) is 4. The van der Waals surface area contributed by atoms with Crippen molar-refractivity contribution in [1.82, 2.24) is 10.2 Å². The number of aryl methyl sites for hydroxylation is 2. The van der Waals surface area contributed by atoms with Gasteiger partial charge in [0.1, 0.15) is 12.6 Å². The molecule has 0 unspecified atom stereocenters. The molecule has 2 amide bonds. The second-order valence-corrected chi connectivity index (χ2v) is 9.83. The summed E-state index contributed by atoms with van der Waals surface area (Å²) in [6.07, 6.45) is 1.05. The molecule has 2 rings (SSSR count). The van der Waals surface area contributed by atoms with Crippen LogP contribution in [0.2, 0.25) is 5.02 Å². The third kappa shape index (κ3) is 6.45. The average molecular weight is 466 g/mol. The van der Waals surface area contributed by atoms with Gasteiger partial charge >= 0.3 is 0 Å². The Morgan fingerprint density at radius 3 is 2.19 bits per heavy atom. The Labute approximate surface area is 189 Å². The van der Waals surface area contributed by atoms with Gasteiger partial charge < -0.3 is 10.2 Å². The van der Waals surface area contributed by atoms with Crippen molar-refractivity contribution < 1.29 is 18.0 Å². The molecule has 0 bridgehead atoms. The molecule has 0 spiro atoms. The van der Waals surface area contributed by atoms with Crippen molar-refractivity contribution in [2.45, 2.75) is 33.4 Å². The monoisotopic (exact) mass is 465 g/mol. The zero-order valence-corrected chi connectivity index (χ0v) is 19.9. The molecule has 0 aliphatic rings. The summed E-state index contributed by atoms with van der Waals surface area (Å²) in [5.74, 6) is -0.877. The molecule has 2 aromatic rings. The highest BCUT2D eigenvalue weighted by Gasteiger charge is 2.30. The van der Waals surface area contributed by atoms with E-state index < -0.39 is 28.5 Å². The highest BCUT2D eigenvalue weighted by Crippen LogP contribution is 2.23. The second-order valence-electron chi connectivity index (χ2n) is 7.52. The van der Waals surface area contributed by atoms with Gasteiger partial charge in [-0.1, -0.05) is 35.9 Å². The van der Waals surface area contributed by atoms with Crippen molar-refractivity contribution >= 4 is 39.1 Å². The maximum absolute atomic E-state index is 13.3. The largest absolute Gasteiger partial charge is 0.357 e. The summed E-state index contributed by atoms with van der Waals surface area (Å²) in [5, 5.41) is 2.99. The summed E-state index contributed by atoms with van der Waals surface area (Å²) in [5.41, 5.74) is 2.81. The predicted molar refractivity (Wildman–Crippen MR) is 124 cm³/mol. The molecule has 168 valence electrons. The molecule has 0 radical (unpaired) electrons. The summed E-state index contributed by atoms with van der Waals surface area (Å²) in [4.78, 5) is 27.0. The Balaban J connectivity index is 2.43. The van der Waals surface area contributed by atoms with E-state index in [4.69, 9.17) is 11.6 Å². The van der Waals surface area contributed by atoms with E-state index in [1.807, 2.05) is 19.9 Å². The molecule has 7 nitrogen and oxygen atoms in total. The van der Waals surface area contributed by atoms with Crippen molar-refractivity contribution in [2.24, 2.45) is 0 Å². The number of rotatable bonds is 8. The van der Waals surface area contributed by atoms with Gasteiger partial charge in [-0.05, 0) is 55.7 Å². The van der Waals surface area contributed by atoms with E-state index in [-0.39, 0.29) is 12.5 Å². The van der Waals surface area contributed by atoms with Gasteiger partial charge in [-0.3, -0.25) is 13.9 Å². The fourth-order valence-corrected chi connectivity index (χ4v) is 4.34. The van der Waals surface area contributed by atoms with E-state index in [2.05, 4.69) is 5.32 Å². The first kappa shape index (κ1) is 24.7. The number of halogens is 1. The molecular weight excluding hydrogens is 438 g/mol. The number of hydrogen-bond donors (Lipinski definition) is 1. The molecule has 2 aromatic carbocycles. The van der Waals surface area contributed by atoms with Gasteiger partial charge in [0.15, 0.2) is 0 Å². The van der Waals surface area contributed by atoms with Gasteiger partial charge in [-0.15, -0.1) is 0 Å². The first-order valence-corrected chi connectivity index (χ1v) is 12.0. The van der Waals surface area contributed by atoms with Crippen molar-refractivity contribution in [3.8, 4) is 0 Å². The highest BCUT2D eigenvalue weighted by molar-refractivity contribution is 7.92. The quantitative estimate of drug-likeness (QED) is 0.649. The minimum Gasteiger partial charge on any atom is -0.357 e. The van der Waals surface area contributed by atoms with E-state index in [9.17, 15) is 18.0 Å². The molecule has 0 aromatic heterocycles. The number of anilines is 1. The van der Waals surface area contributed by atoms with Crippen molar-refractivity contribution in [2.75, 3.05) is 24.2 Å². The summed E-state index contributed by atoms with van der Waals surface area (Å²) >= 11 is 6.26. The van der Waals surface area contributed by atoms with Gasteiger partial charge in [0, 0.05) is 18.6 Å². The average Bonchev–Trinajstić information content (AvgIpc) is 2.68. The van der Waals surface area contributed by atoms with Crippen LogP contribution in [0.4, 0.5) is 5.69 Å². The van der Waals surface area contributed by atoms with E-state index in [0.717, 1.165) is 21.7 Å². The lowest BCUT2D eigenvalue weighted by Gasteiger charge is -2.31. The third-order valence-electron chi connectivity index (χ3n) is 4.89. The first-order valence-electron chi connectivity index (χ1n) is 9.74. The Bertz CT molecular complexity index is 1050. The van der Waals surface area contributed by atoms with Crippen molar-refractivity contribution in [3.05, 3.63) is 64.2 Å². The maximum atomic E-state index is 13.3. The number of carbonyl (C=O) groups is 2. The lowest BCUT2D eigenvalue weighted by molar-refractivity contribution is -0.139. The number of likely N-dealkylation sites (N-methyl/N-ethyl adjacent to an activating group) is 1. The van der Waals surface area contributed by atoms with Gasteiger partial charge in [0.2, 0.25) is 21.8 Å². The van der Waals surface area contributed by atoms with Crippen LogP contribution in [0.25, 0.3) is 0 Å². The lowest BCUT2D eigenvalue weighted by atomic mass is 10.1. The molecule has 0 saturated heterocycles. The Hall–Kier alpha value is -2.58. The maximum Gasteiger partial charge on any atom is 0.244 e. The SMILES string of the molecule is CNC(=O)[C@@H](C)N(Cc1ccccc1Cl)C(=O)CN(c1cc(C)cc(C)c1)S(C)(=O)=O. The van der Waals surface area contributed by atoms with Crippen LogP contribution in [0.15, 0.2) is 42.5 Å². The molecule has 0 aliphatic carbocycles.